The number of fused-ring (bicyclic) bond motifs is 2. The third-order valence-electron chi connectivity index (χ3n) is 24.8. The van der Waals surface area contributed by atoms with Gasteiger partial charge in [0.1, 0.15) is 66.5 Å². The molecule has 140 heavy (non-hydrogen) atoms. The molecule has 2 saturated heterocycles. The highest BCUT2D eigenvalue weighted by Crippen LogP contribution is 2.26. The molecule has 3 aliphatic heterocycles. The van der Waals surface area contributed by atoms with Crippen LogP contribution in [0.2, 0.25) is 0 Å². The van der Waals surface area contributed by atoms with Crippen LogP contribution in [0.3, 0.4) is 0 Å². The van der Waals surface area contributed by atoms with Gasteiger partial charge in [-0.1, -0.05) is 171 Å². The van der Waals surface area contributed by atoms with Crippen molar-refractivity contribution in [1.82, 2.24) is 94.3 Å². The largest absolute Gasteiger partial charge is 0.394 e. The molecule has 2 aromatic heterocycles. The van der Waals surface area contributed by atoms with Gasteiger partial charge in [0, 0.05) is 119 Å². The standard InChI is InChI=1S/C97H149N23O20/c1-3-4-37-73(89(131)112-76-45-44-67(123)34-21-17-23-38-71(63(2)122)108-93(135)79(55-65-58-105-72-39-28-27-35-69(65)72)114-90(132)74(40-30-49-104-97(100)101)110-92(134)78(54-64-31-19-16-20-32-64)115-95(137)81-57-68(124)60-120(81)96(76)138)109-88(130)70(98)36-22-18-24-41-82(125)77(56-66-33-29-48-102-66)113-91(133)75(46-47-83(99)126)111-94(136)80(61-121)107-86(128)59-106-87(129)62-140-53-52-139-51-50-103-85(127)43-26-15-13-11-9-7-5-6-8-10-12-14-25-42-84-116-118-119-117-84/h16,19-20,27-28,31-33,35,39,48,58,68,70-71,73-81,105,121,124H,3-15,17-18,21-26,29-30,34,36-38,40-47,49-57,59-62,98H2,1-2H3,(H2,99,126)(H,103,127)(H,106,129)(H,107,128)(H,108,135)(H,109,130)(H,110,134)(H,111,136)(H,112,131)(H,113,133)(H,114,132)(H,115,137)(H4,100,101,104)(H,116,117,118,119)/t68-,70+,71+,73+,74+,75+,76+,77+,78-,79+,80+,81+/m1/s1. The molecule has 23 N–H and O–H groups in total. The molecule has 0 bridgehead atoms. The SMILES string of the molecule is CCCC[C@H](NC(=O)[C@@H](N)CCCCCC(=O)[C@H](CC1=CCC=N1)NC(=O)[C@H](CCC(N)=O)NC(=O)[C@H](CO)NC(=O)CNC(=O)COCCOCCNC(=O)CCCCCCCCCCCCCCCc1nnn[nH]1)C(=O)N[C@H]1CCC(=O)CCCCC[C@@H](C(C)=O)NC(=O)[C@H](Cc2c[nH]c3ccccc23)NC(=O)[C@H](CCCNC(=N)N)NC(=O)[C@@H](Cc2ccccc2)NC(=O)[C@@H]2C[C@@H](O)CN2C1=O. The van der Waals surface area contributed by atoms with Crippen molar-refractivity contribution in [1.29, 1.82) is 5.41 Å². The molecule has 2 aromatic carbocycles. The van der Waals surface area contributed by atoms with Crippen molar-refractivity contribution in [2.45, 2.75) is 337 Å². The van der Waals surface area contributed by atoms with Crippen molar-refractivity contribution in [2.24, 2.45) is 22.2 Å². The Morgan fingerprint density at radius 2 is 1.24 bits per heavy atom. The van der Waals surface area contributed by atoms with Crippen molar-refractivity contribution >= 4 is 117 Å². The van der Waals surface area contributed by atoms with Crippen molar-refractivity contribution in [3.63, 3.8) is 0 Å². The number of aromatic amines is 2. The number of nitrogens with two attached hydrogens (primary N) is 3. The number of aliphatic hydroxyl groups excluding tert-OH is 2. The summed E-state index contributed by atoms with van der Waals surface area (Å²) >= 11 is 0. The van der Waals surface area contributed by atoms with Gasteiger partial charge in [-0.2, -0.15) is 0 Å². The minimum absolute atomic E-state index is 0.00249. The topological polar surface area (TPSA) is 664 Å². The highest BCUT2D eigenvalue weighted by atomic mass is 16.5. The number of benzene rings is 2. The predicted molar refractivity (Wildman–Crippen MR) is 520 cm³/mol. The van der Waals surface area contributed by atoms with Crippen molar-refractivity contribution in [3.05, 3.63) is 89.5 Å². The summed E-state index contributed by atoms with van der Waals surface area (Å²) in [5, 5.41) is 76.0. The number of hydrogen-bond donors (Lipinski definition) is 20. The Labute approximate surface area is 817 Å². The van der Waals surface area contributed by atoms with Crippen molar-refractivity contribution < 1.29 is 96.4 Å². The number of Topliss-reactive ketones (excluding diaryl/α,β-unsaturated/α-hetero) is 3. The molecule has 772 valence electrons. The number of aliphatic hydroxyl groups is 2. The molecule has 2 fully saturated rings. The number of unbranched alkanes of at least 4 members (excludes halogenated alkanes) is 15. The fraction of sp³-hybridized carbons (Fsp3) is 0.639. The van der Waals surface area contributed by atoms with E-state index < -0.39 is 182 Å². The monoisotopic (exact) mass is 1960 g/mol. The molecule has 13 amide bonds. The van der Waals surface area contributed by atoms with E-state index in [1.54, 1.807) is 48.8 Å². The average molecular weight is 1960 g/mol. The maximum atomic E-state index is 15.3. The molecule has 7 rings (SSSR count). The normalized spacial score (nSPS) is 19.1. The molecule has 12 atom stereocenters. The number of amides is 13. The number of aliphatic imine (C=N–C) groups is 1. The van der Waals surface area contributed by atoms with E-state index in [2.05, 4.69) is 94.4 Å². The Bertz CT molecular complexity index is 4690. The number of carbonyl (C=O) groups is 16. The van der Waals surface area contributed by atoms with E-state index in [1.807, 2.05) is 31.2 Å². The molecule has 5 heterocycles. The molecule has 43 nitrogen and oxygen atoms in total. The summed E-state index contributed by atoms with van der Waals surface area (Å²) in [7, 11) is 0. The number of carbonyl (C=O) groups excluding carboxylic acids is 16. The Kier molecular flexibility index (Phi) is 53.1. The van der Waals surface area contributed by atoms with Gasteiger partial charge in [-0.05, 0) is 105 Å². The summed E-state index contributed by atoms with van der Waals surface area (Å²) in [6.07, 6.45) is 21.7. The number of aromatic nitrogens is 5. The first-order valence-electron chi connectivity index (χ1n) is 49.7. The van der Waals surface area contributed by atoms with Crippen molar-refractivity contribution in [3.8, 4) is 0 Å². The van der Waals surface area contributed by atoms with Gasteiger partial charge in [0.25, 0.3) is 0 Å². The number of tetrazole rings is 1. The molecular formula is C97H149N23O20. The summed E-state index contributed by atoms with van der Waals surface area (Å²) in [6.45, 7) is 1.44. The number of ketones is 3. The zero-order valence-corrected chi connectivity index (χ0v) is 81.0. The summed E-state index contributed by atoms with van der Waals surface area (Å²) < 4.78 is 10.9. The van der Waals surface area contributed by atoms with Crippen LogP contribution in [0.25, 0.3) is 10.9 Å². The minimum Gasteiger partial charge on any atom is -0.394 e. The van der Waals surface area contributed by atoms with Crippen LogP contribution in [0, 0.1) is 5.41 Å². The summed E-state index contributed by atoms with van der Waals surface area (Å²) in [4.78, 5) is 231. The molecule has 0 saturated carbocycles. The number of para-hydroxylation sites is 1. The summed E-state index contributed by atoms with van der Waals surface area (Å²) in [6, 6.07) is 0.742. The fourth-order valence-corrected chi connectivity index (χ4v) is 16.8. The second-order valence-electron chi connectivity index (χ2n) is 36.2. The second-order valence-corrected chi connectivity index (χ2v) is 36.2. The first-order valence-corrected chi connectivity index (χ1v) is 49.7. The van der Waals surface area contributed by atoms with Crippen LogP contribution >= 0.6 is 0 Å². The lowest BCUT2D eigenvalue weighted by atomic mass is 9.99. The van der Waals surface area contributed by atoms with Gasteiger partial charge in [-0.15, -0.1) is 5.10 Å². The molecular weight excluding hydrogens is 1810 g/mol. The minimum atomic E-state index is -1.66. The van der Waals surface area contributed by atoms with E-state index in [1.165, 1.54) is 58.3 Å². The maximum absolute atomic E-state index is 15.3. The molecule has 0 aliphatic carbocycles. The number of allylic oxidation sites excluding steroid dienone is 1. The zero-order valence-electron chi connectivity index (χ0n) is 81.0. The number of ether oxygens (including phenoxy) is 2. The Balaban J connectivity index is 0.890. The van der Waals surface area contributed by atoms with Crippen LogP contribution in [0.15, 0.2) is 77.6 Å². The molecule has 0 unspecified atom stereocenters. The van der Waals surface area contributed by atoms with Crippen LogP contribution in [0.1, 0.15) is 262 Å². The van der Waals surface area contributed by atoms with Gasteiger partial charge < -0.3 is 111 Å². The summed E-state index contributed by atoms with van der Waals surface area (Å²) in [5.74, 6) is -10.8. The fourth-order valence-electron chi connectivity index (χ4n) is 16.8. The first-order chi connectivity index (χ1) is 67.5. The summed E-state index contributed by atoms with van der Waals surface area (Å²) in [5.41, 5.74) is 20.0. The van der Waals surface area contributed by atoms with Gasteiger partial charge >= 0.3 is 0 Å². The van der Waals surface area contributed by atoms with Gasteiger partial charge in [0.2, 0.25) is 76.8 Å². The third kappa shape index (κ3) is 44.0. The number of primary amides is 1. The van der Waals surface area contributed by atoms with Crippen LogP contribution < -0.4 is 81.0 Å². The smallest absolute Gasteiger partial charge is 0.246 e. The van der Waals surface area contributed by atoms with E-state index >= 15 is 4.79 Å². The van der Waals surface area contributed by atoms with E-state index in [0.717, 1.165) is 60.2 Å². The third-order valence-corrected chi connectivity index (χ3v) is 24.8. The lowest BCUT2D eigenvalue weighted by molar-refractivity contribution is -0.143. The number of nitrogens with one attached hydrogen (secondary N) is 15. The number of hydrogen-bond acceptors (Lipinski definition) is 26. The van der Waals surface area contributed by atoms with E-state index in [9.17, 15) is 82.1 Å². The number of rotatable bonds is 60. The van der Waals surface area contributed by atoms with E-state index in [4.69, 9.17) is 32.1 Å². The Morgan fingerprint density at radius 3 is 1.94 bits per heavy atom. The van der Waals surface area contributed by atoms with E-state index in [0.29, 0.717) is 74.7 Å². The van der Waals surface area contributed by atoms with Crippen LogP contribution in [-0.2, 0) is 105 Å². The van der Waals surface area contributed by atoms with Crippen molar-refractivity contribution in [2.75, 3.05) is 59.2 Å². The van der Waals surface area contributed by atoms with Crippen LogP contribution in [0.4, 0.5) is 0 Å². The van der Waals surface area contributed by atoms with Gasteiger partial charge in [0.05, 0.1) is 57.2 Å². The number of H-pyrrole nitrogens is 2. The van der Waals surface area contributed by atoms with Gasteiger partial charge in [-0.3, -0.25) is 87.1 Å². The molecule has 43 heteroatoms. The number of nitrogens with zero attached hydrogens (tertiary/aromatic N) is 5. The highest BCUT2D eigenvalue weighted by Gasteiger charge is 2.44. The zero-order chi connectivity index (χ0) is 101. The number of aryl methyl sites for hydroxylation is 1. The van der Waals surface area contributed by atoms with Crippen LogP contribution in [0.5, 0.6) is 0 Å². The second kappa shape index (κ2) is 64.8. The first kappa shape index (κ1) is 115. The van der Waals surface area contributed by atoms with Crippen LogP contribution in [-0.4, -0.2) is 279 Å². The lowest BCUT2D eigenvalue weighted by Crippen LogP contribution is -2.60. The molecule has 0 spiro atoms. The molecule has 4 aromatic rings. The average Bonchev–Trinajstić information content (AvgIpc) is 1.66. The Morgan fingerprint density at radius 1 is 0.600 bits per heavy atom. The number of guanidine groups is 1. The van der Waals surface area contributed by atoms with Gasteiger partial charge in [-0.25, -0.2) is 5.10 Å². The van der Waals surface area contributed by atoms with Gasteiger partial charge in [0.15, 0.2) is 17.5 Å². The predicted octanol–water partition coefficient (Wildman–Crippen LogP) is 1.97. The maximum Gasteiger partial charge on any atom is 0.246 e. The quantitative estimate of drug-likeness (QED) is 0.0171. The Hall–Kier alpha value is -12.4. The highest BCUT2D eigenvalue weighted by molar-refractivity contribution is 6.00. The molecule has 0 radical (unpaired) electrons. The van der Waals surface area contributed by atoms with E-state index in [-0.39, 0.29) is 153 Å². The lowest BCUT2D eigenvalue weighted by Gasteiger charge is -2.31. The molecule has 3 aliphatic rings.